The first-order chi connectivity index (χ1) is 13.5. The van der Waals surface area contributed by atoms with Crippen LogP contribution in [0.1, 0.15) is 16.7 Å². The fourth-order valence-electron chi connectivity index (χ4n) is 2.80. The summed E-state index contributed by atoms with van der Waals surface area (Å²) < 4.78 is 12.4. The van der Waals surface area contributed by atoms with Crippen LogP contribution in [0.3, 0.4) is 0 Å². The van der Waals surface area contributed by atoms with Crippen LogP contribution in [-0.4, -0.2) is 7.11 Å². The van der Waals surface area contributed by atoms with Crippen LogP contribution in [0.2, 0.25) is 10.0 Å². The quantitative estimate of drug-likeness (QED) is 0.385. The summed E-state index contributed by atoms with van der Waals surface area (Å²) >= 11 is 15.8. The van der Waals surface area contributed by atoms with Crippen molar-refractivity contribution in [1.29, 1.82) is 0 Å². The molecule has 0 spiro atoms. The number of rotatable bonds is 7. The monoisotopic (exact) mass is 479 g/mol. The number of hydrogen-bond acceptors (Lipinski definition) is 3. The van der Waals surface area contributed by atoms with E-state index in [1.807, 2.05) is 30.3 Å². The van der Waals surface area contributed by atoms with Gasteiger partial charge in [-0.2, -0.15) is 0 Å². The number of halogens is 3. The first kappa shape index (κ1) is 20.8. The lowest BCUT2D eigenvalue weighted by molar-refractivity contribution is 0.282. The summed E-state index contributed by atoms with van der Waals surface area (Å²) in [6.07, 6.45) is 0. The minimum Gasteiger partial charge on any atom is -0.493 e. The summed E-state index contributed by atoms with van der Waals surface area (Å²) in [4.78, 5) is 0. The largest absolute Gasteiger partial charge is 0.493 e. The van der Waals surface area contributed by atoms with Crippen molar-refractivity contribution in [3.8, 4) is 11.5 Å². The highest BCUT2D eigenvalue weighted by molar-refractivity contribution is 9.10. The second-order valence-corrected chi connectivity index (χ2v) is 8.06. The lowest BCUT2D eigenvalue weighted by Gasteiger charge is -2.15. The first-order valence-electron chi connectivity index (χ1n) is 8.70. The average Bonchev–Trinajstić information content (AvgIpc) is 2.66. The van der Waals surface area contributed by atoms with Crippen LogP contribution in [-0.2, 0) is 13.2 Å². The van der Waals surface area contributed by atoms with Crippen molar-refractivity contribution in [3.05, 3.63) is 85.8 Å². The molecular weight excluding hydrogens is 461 g/mol. The molecule has 0 heterocycles. The Balaban J connectivity index is 1.73. The van der Waals surface area contributed by atoms with Crippen molar-refractivity contribution in [1.82, 2.24) is 0 Å². The van der Waals surface area contributed by atoms with E-state index in [1.165, 1.54) is 5.56 Å². The number of hydrogen-bond donors (Lipinski definition) is 1. The highest BCUT2D eigenvalue weighted by Gasteiger charge is 2.12. The molecule has 0 aliphatic carbocycles. The molecule has 0 aliphatic heterocycles. The molecule has 146 valence electrons. The SMILES string of the molecule is COc1cc(CNc2ccc(Cl)cc2Cl)cc(Br)c1OCc1cccc(C)c1. The van der Waals surface area contributed by atoms with Crippen LogP contribution in [0.15, 0.2) is 59.1 Å². The maximum atomic E-state index is 6.22. The first-order valence-corrected chi connectivity index (χ1v) is 10.2. The van der Waals surface area contributed by atoms with Gasteiger partial charge in [0.2, 0.25) is 0 Å². The number of ether oxygens (including phenoxy) is 2. The number of benzene rings is 3. The molecule has 0 saturated heterocycles. The van der Waals surface area contributed by atoms with Crippen LogP contribution in [0, 0.1) is 6.92 Å². The topological polar surface area (TPSA) is 30.5 Å². The maximum absolute atomic E-state index is 6.22. The molecule has 0 saturated carbocycles. The molecule has 0 fully saturated rings. The normalized spacial score (nSPS) is 10.6. The second kappa shape index (κ2) is 9.55. The van der Waals surface area contributed by atoms with Gasteiger partial charge in [-0.25, -0.2) is 0 Å². The zero-order valence-electron chi connectivity index (χ0n) is 15.6. The van der Waals surface area contributed by atoms with E-state index in [9.17, 15) is 0 Å². The van der Waals surface area contributed by atoms with Crippen LogP contribution in [0.25, 0.3) is 0 Å². The zero-order chi connectivity index (χ0) is 20.1. The molecule has 0 radical (unpaired) electrons. The number of methoxy groups -OCH3 is 1. The summed E-state index contributed by atoms with van der Waals surface area (Å²) in [6, 6.07) is 17.6. The lowest BCUT2D eigenvalue weighted by Crippen LogP contribution is -2.03. The third-order valence-electron chi connectivity index (χ3n) is 4.17. The van der Waals surface area contributed by atoms with Gasteiger partial charge < -0.3 is 14.8 Å². The van der Waals surface area contributed by atoms with E-state index in [4.69, 9.17) is 32.7 Å². The van der Waals surface area contributed by atoms with Gasteiger partial charge in [0, 0.05) is 11.6 Å². The molecule has 0 atom stereocenters. The zero-order valence-corrected chi connectivity index (χ0v) is 18.7. The summed E-state index contributed by atoms with van der Waals surface area (Å²) in [5.74, 6) is 1.35. The molecule has 3 rings (SSSR count). The van der Waals surface area contributed by atoms with Crippen molar-refractivity contribution in [2.45, 2.75) is 20.1 Å². The van der Waals surface area contributed by atoms with Crippen molar-refractivity contribution in [3.63, 3.8) is 0 Å². The molecule has 0 aromatic heterocycles. The van der Waals surface area contributed by atoms with E-state index >= 15 is 0 Å². The molecule has 28 heavy (non-hydrogen) atoms. The van der Waals surface area contributed by atoms with Gasteiger partial charge in [0.25, 0.3) is 0 Å². The molecule has 0 bridgehead atoms. The summed E-state index contributed by atoms with van der Waals surface area (Å²) in [7, 11) is 1.63. The van der Waals surface area contributed by atoms with Crippen LogP contribution < -0.4 is 14.8 Å². The number of anilines is 1. The Morgan fingerprint density at radius 2 is 1.82 bits per heavy atom. The molecule has 0 unspecified atom stereocenters. The molecule has 0 aliphatic rings. The van der Waals surface area contributed by atoms with E-state index in [0.29, 0.717) is 34.7 Å². The van der Waals surface area contributed by atoms with Crippen LogP contribution >= 0.6 is 39.1 Å². The molecule has 1 N–H and O–H groups in total. The van der Waals surface area contributed by atoms with E-state index in [1.54, 1.807) is 19.2 Å². The van der Waals surface area contributed by atoms with Crippen molar-refractivity contribution < 1.29 is 9.47 Å². The Kier molecular flexibility index (Phi) is 7.11. The average molecular weight is 481 g/mol. The van der Waals surface area contributed by atoms with Gasteiger partial charge >= 0.3 is 0 Å². The second-order valence-electron chi connectivity index (χ2n) is 6.36. The van der Waals surface area contributed by atoms with E-state index in [0.717, 1.165) is 21.3 Å². The smallest absolute Gasteiger partial charge is 0.175 e. The number of nitrogens with one attached hydrogen (secondary N) is 1. The minimum atomic E-state index is 0.467. The third kappa shape index (κ3) is 5.34. The Hall–Kier alpha value is -1.88. The van der Waals surface area contributed by atoms with Gasteiger partial charge in [0.15, 0.2) is 11.5 Å². The van der Waals surface area contributed by atoms with Crippen molar-refractivity contribution in [2.24, 2.45) is 0 Å². The van der Waals surface area contributed by atoms with Crippen molar-refractivity contribution in [2.75, 3.05) is 12.4 Å². The molecule has 0 amide bonds. The highest BCUT2D eigenvalue weighted by Crippen LogP contribution is 2.37. The van der Waals surface area contributed by atoms with Gasteiger partial charge in [-0.15, -0.1) is 0 Å². The van der Waals surface area contributed by atoms with E-state index < -0.39 is 0 Å². The maximum Gasteiger partial charge on any atom is 0.175 e. The van der Waals surface area contributed by atoms with Crippen LogP contribution in [0.4, 0.5) is 5.69 Å². The van der Waals surface area contributed by atoms with Gasteiger partial charge in [-0.1, -0.05) is 53.0 Å². The third-order valence-corrected chi connectivity index (χ3v) is 5.31. The van der Waals surface area contributed by atoms with Gasteiger partial charge in [0.05, 0.1) is 22.3 Å². The standard InChI is InChI=1S/C22H20BrCl2NO2/c1-14-4-3-5-15(8-14)13-28-22-18(23)9-16(10-21(22)27-2)12-26-20-7-6-17(24)11-19(20)25/h3-11,26H,12-13H2,1-2H3. The minimum absolute atomic E-state index is 0.467. The Bertz CT molecular complexity index is 979. The van der Waals surface area contributed by atoms with Gasteiger partial charge in [0.1, 0.15) is 6.61 Å². The molecule has 6 heteroatoms. The Morgan fingerprint density at radius 1 is 1.00 bits per heavy atom. The van der Waals surface area contributed by atoms with Gasteiger partial charge in [-0.05, 0) is 64.3 Å². The predicted molar refractivity (Wildman–Crippen MR) is 120 cm³/mol. The molecule has 3 aromatic carbocycles. The molecule has 3 nitrogen and oxygen atoms in total. The summed E-state index contributed by atoms with van der Waals surface area (Å²) in [5, 5.41) is 4.50. The van der Waals surface area contributed by atoms with E-state index in [2.05, 4.69) is 40.3 Å². The van der Waals surface area contributed by atoms with E-state index in [-0.39, 0.29) is 0 Å². The summed E-state index contributed by atoms with van der Waals surface area (Å²) in [5.41, 5.74) is 4.16. The van der Waals surface area contributed by atoms with Crippen LogP contribution in [0.5, 0.6) is 11.5 Å². The fourth-order valence-corrected chi connectivity index (χ4v) is 3.88. The number of aryl methyl sites for hydroxylation is 1. The fraction of sp³-hybridized carbons (Fsp3) is 0.182. The Labute approximate surface area is 183 Å². The summed E-state index contributed by atoms with van der Waals surface area (Å²) in [6.45, 7) is 3.11. The molecular formula is C22H20BrCl2NO2. The highest BCUT2D eigenvalue weighted by atomic mass is 79.9. The lowest BCUT2D eigenvalue weighted by atomic mass is 10.1. The predicted octanol–water partition coefficient (Wildman–Crippen LogP) is 7.26. The molecule has 3 aromatic rings. The Morgan fingerprint density at radius 3 is 2.54 bits per heavy atom. The van der Waals surface area contributed by atoms with Gasteiger partial charge in [-0.3, -0.25) is 0 Å². The van der Waals surface area contributed by atoms with Crippen molar-refractivity contribution >= 4 is 44.8 Å².